The third kappa shape index (κ3) is 2.01. The fraction of sp³-hybridized carbons (Fsp3) is 0. The van der Waals surface area contributed by atoms with Gasteiger partial charge in [-0.25, -0.2) is 8.78 Å². The van der Waals surface area contributed by atoms with E-state index in [1.807, 2.05) is 0 Å². The average molecular weight is 258 g/mol. The molecule has 0 fully saturated rings. The molecule has 1 aromatic heterocycles. The molecule has 1 heterocycles. The van der Waals surface area contributed by atoms with Gasteiger partial charge in [-0.05, 0) is 29.8 Å². The maximum absolute atomic E-state index is 13.0. The van der Waals surface area contributed by atoms with Crippen LogP contribution in [0.15, 0.2) is 57.9 Å². The number of hydrogen-bond donors (Lipinski definition) is 0. The Balaban J connectivity index is 2.26. The zero-order chi connectivity index (χ0) is 13.4. The first-order valence-corrected chi connectivity index (χ1v) is 5.62. The first kappa shape index (κ1) is 11.6. The van der Waals surface area contributed by atoms with E-state index in [0.29, 0.717) is 16.5 Å². The number of rotatable bonds is 1. The lowest BCUT2D eigenvalue weighted by atomic mass is 10.1. The molecule has 0 aliphatic heterocycles. The van der Waals surface area contributed by atoms with Crippen LogP contribution in [0.2, 0.25) is 0 Å². The van der Waals surface area contributed by atoms with Crippen molar-refractivity contribution in [3.8, 4) is 11.1 Å². The predicted octanol–water partition coefficient (Wildman–Crippen LogP) is 3.74. The molecule has 3 aromatic rings. The second kappa shape index (κ2) is 4.31. The van der Waals surface area contributed by atoms with Crippen LogP contribution in [-0.2, 0) is 0 Å². The molecule has 0 saturated heterocycles. The Morgan fingerprint density at radius 1 is 0.895 bits per heavy atom. The molecule has 4 heteroatoms. The highest BCUT2D eigenvalue weighted by Gasteiger charge is 2.09. The second-order valence-corrected chi connectivity index (χ2v) is 4.13. The number of benzene rings is 2. The van der Waals surface area contributed by atoms with Crippen molar-refractivity contribution in [1.29, 1.82) is 0 Å². The van der Waals surface area contributed by atoms with Crippen molar-refractivity contribution in [1.82, 2.24) is 0 Å². The minimum absolute atomic E-state index is 0.191. The molecule has 94 valence electrons. The van der Waals surface area contributed by atoms with Crippen molar-refractivity contribution in [2.24, 2.45) is 0 Å². The first-order chi connectivity index (χ1) is 9.15. The largest absolute Gasteiger partial charge is 0.463 e. The molecule has 0 atom stereocenters. The standard InChI is InChI=1S/C15H8F2O2/c16-10-3-1-9(2-4-10)13-8-19-14-7-11(17)5-6-12(14)15(13)18/h1-8H. The van der Waals surface area contributed by atoms with Crippen molar-refractivity contribution in [3.63, 3.8) is 0 Å². The minimum atomic E-state index is -0.467. The van der Waals surface area contributed by atoms with Crippen LogP contribution in [-0.4, -0.2) is 0 Å². The third-order valence-corrected chi connectivity index (χ3v) is 2.89. The summed E-state index contributed by atoms with van der Waals surface area (Å²) in [6.07, 6.45) is 1.26. The van der Waals surface area contributed by atoms with Crippen molar-refractivity contribution < 1.29 is 13.2 Å². The molecule has 0 unspecified atom stereocenters. The summed E-state index contributed by atoms with van der Waals surface area (Å²) in [6.45, 7) is 0. The smallest absolute Gasteiger partial charge is 0.200 e. The second-order valence-electron chi connectivity index (χ2n) is 4.13. The summed E-state index contributed by atoms with van der Waals surface area (Å²) in [7, 11) is 0. The van der Waals surface area contributed by atoms with E-state index < -0.39 is 5.82 Å². The summed E-state index contributed by atoms with van der Waals surface area (Å²) in [5, 5.41) is 0.295. The van der Waals surface area contributed by atoms with Gasteiger partial charge >= 0.3 is 0 Å². The summed E-state index contributed by atoms with van der Waals surface area (Å²) in [5.74, 6) is -0.846. The van der Waals surface area contributed by atoms with Gasteiger partial charge in [0.05, 0.1) is 10.9 Å². The molecule has 0 spiro atoms. The van der Waals surface area contributed by atoms with Crippen LogP contribution in [0.25, 0.3) is 22.1 Å². The predicted molar refractivity (Wildman–Crippen MR) is 67.8 cm³/mol. The van der Waals surface area contributed by atoms with Gasteiger partial charge in [-0.1, -0.05) is 12.1 Å². The zero-order valence-electron chi connectivity index (χ0n) is 9.69. The first-order valence-electron chi connectivity index (χ1n) is 5.62. The highest BCUT2D eigenvalue weighted by atomic mass is 19.1. The summed E-state index contributed by atoms with van der Waals surface area (Å²) in [5.41, 5.74) is 0.796. The van der Waals surface area contributed by atoms with Crippen molar-refractivity contribution in [2.45, 2.75) is 0 Å². The molecule has 3 rings (SSSR count). The lowest BCUT2D eigenvalue weighted by Gasteiger charge is -2.02. The van der Waals surface area contributed by atoms with Crippen LogP contribution in [0.1, 0.15) is 0 Å². The van der Waals surface area contributed by atoms with Gasteiger partial charge in [-0.15, -0.1) is 0 Å². The fourth-order valence-electron chi connectivity index (χ4n) is 1.93. The van der Waals surface area contributed by atoms with E-state index in [1.165, 1.54) is 42.7 Å². The molecule has 2 aromatic carbocycles. The van der Waals surface area contributed by atoms with Gasteiger partial charge in [0, 0.05) is 6.07 Å². The summed E-state index contributed by atoms with van der Waals surface area (Å²) in [4.78, 5) is 12.2. The molecule has 0 saturated carbocycles. The van der Waals surface area contributed by atoms with Gasteiger partial charge in [-0.3, -0.25) is 4.79 Å². The van der Waals surface area contributed by atoms with Gasteiger partial charge in [0.2, 0.25) is 0 Å². The lowest BCUT2D eigenvalue weighted by molar-refractivity contribution is 0.589. The Morgan fingerprint density at radius 3 is 2.32 bits per heavy atom. The molecule has 2 nitrogen and oxygen atoms in total. The van der Waals surface area contributed by atoms with Gasteiger partial charge in [-0.2, -0.15) is 0 Å². The SMILES string of the molecule is O=c1c(-c2ccc(F)cc2)coc2cc(F)ccc12. The van der Waals surface area contributed by atoms with E-state index in [4.69, 9.17) is 4.42 Å². The highest BCUT2D eigenvalue weighted by molar-refractivity contribution is 5.81. The van der Waals surface area contributed by atoms with Crippen LogP contribution in [0.4, 0.5) is 8.78 Å². The average Bonchev–Trinajstić information content (AvgIpc) is 2.40. The van der Waals surface area contributed by atoms with Crippen LogP contribution in [0, 0.1) is 11.6 Å². The van der Waals surface area contributed by atoms with Gasteiger partial charge in [0.25, 0.3) is 0 Å². The Labute approximate surface area is 106 Å². The molecule has 0 aliphatic rings. The molecular weight excluding hydrogens is 250 g/mol. The summed E-state index contributed by atoms with van der Waals surface area (Å²) >= 11 is 0. The van der Waals surface area contributed by atoms with Crippen molar-refractivity contribution in [2.75, 3.05) is 0 Å². The van der Waals surface area contributed by atoms with E-state index in [0.717, 1.165) is 6.07 Å². The van der Waals surface area contributed by atoms with E-state index in [1.54, 1.807) is 0 Å². The van der Waals surface area contributed by atoms with Crippen LogP contribution < -0.4 is 5.43 Å². The number of fused-ring (bicyclic) bond motifs is 1. The van der Waals surface area contributed by atoms with E-state index in [9.17, 15) is 13.6 Å². The van der Waals surface area contributed by atoms with Crippen molar-refractivity contribution >= 4 is 11.0 Å². The molecule has 0 amide bonds. The molecule has 0 bridgehead atoms. The number of hydrogen-bond acceptors (Lipinski definition) is 2. The van der Waals surface area contributed by atoms with E-state index >= 15 is 0 Å². The molecule has 0 radical (unpaired) electrons. The maximum Gasteiger partial charge on any atom is 0.200 e. The van der Waals surface area contributed by atoms with E-state index in [-0.39, 0.29) is 16.8 Å². The Kier molecular flexibility index (Phi) is 2.63. The Bertz CT molecular complexity index is 804. The fourth-order valence-corrected chi connectivity index (χ4v) is 1.93. The van der Waals surface area contributed by atoms with Gasteiger partial charge < -0.3 is 4.42 Å². The minimum Gasteiger partial charge on any atom is -0.463 e. The Morgan fingerprint density at radius 2 is 1.58 bits per heavy atom. The normalized spacial score (nSPS) is 10.8. The molecule has 0 aliphatic carbocycles. The third-order valence-electron chi connectivity index (χ3n) is 2.89. The zero-order valence-corrected chi connectivity index (χ0v) is 9.69. The lowest BCUT2D eigenvalue weighted by Crippen LogP contribution is -2.04. The molecular formula is C15H8F2O2. The monoisotopic (exact) mass is 258 g/mol. The van der Waals surface area contributed by atoms with E-state index in [2.05, 4.69) is 0 Å². The van der Waals surface area contributed by atoms with Crippen LogP contribution >= 0.6 is 0 Å². The molecule has 19 heavy (non-hydrogen) atoms. The maximum atomic E-state index is 13.0. The van der Waals surface area contributed by atoms with Crippen LogP contribution in [0.3, 0.4) is 0 Å². The van der Waals surface area contributed by atoms with Crippen LogP contribution in [0.5, 0.6) is 0 Å². The van der Waals surface area contributed by atoms with Gasteiger partial charge in [0.15, 0.2) is 5.43 Å². The summed E-state index contributed by atoms with van der Waals surface area (Å²) in [6, 6.07) is 9.27. The highest BCUT2D eigenvalue weighted by Crippen LogP contribution is 2.20. The molecule has 0 N–H and O–H groups in total. The van der Waals surface area contributed by atoms with Crippen molar-refractivity contribution in [3.05, 3.63) is 70.6 Å². The number of halogens is 2. The quantitative estimate of drug-likeness (QED) is 0.665. The Hall–Kier alpha value is -2.49. The topological polar surface area (TPSA) is 30.2 Å². The van der Waals surface area contributed by atoms with Gasteiger partial charge in [0.1, 0.15) is 23.5 Å². The summed E-state index contributed by atoms with van der Waals surface area (Å²) < 4.78 is 31.1.